The van der Waals surface area contributed by atoms with Gasteiger partial charge in [-0.2, -0.15) is 0 Å². The minimum Gasteiger partial charge on any atom is -0.495 e. The van der Waals surface area contributed by atoms with Crippen LogP contribution in [0.15, 0.2) is 16.7 Å². The molecule has 0 spiro atoms. The molecule has 0 aliphatic carbocycles. The highest BCUT2D eigenvalue weighted by Gasteiger charge is 2.32. The van der Waals surface area contributed by atoms with Gasteiger partial charge in [-0.1, -0.05) is 0 Å². The minimum atomic E-state index is -4.75. The molecule has 0 bridgehead atoms. The molecule has 1 aromatic rings. The summed E-state index contributed by atoms with van der Waals surface area (Å²) < 4.78 is 43.8. The molecule has 0 N–H and O–H groups in total. The topological polar surface area (TPSA) is 31.4 Å². The van der Waals surface area contributed by atoms with Gasteiger partial charge >= 0.3 is 6.36 Å². The van der Waals surface area contributed by atoms with Crippen molar-refractivity contribution in [1.29, 1.82) is 0 Å². The second-order valence-electron chi connectivity index (χ2n) is 2.21. The van der Waals surface area contributed by atoms with Crippen molar-refractivity contribution in [3.63, 3.8) is 0 Å². The molecule has 14 heavy (non-hydrogen) atoms. The van der Waals surface area contributed by atoms with Gasteiger partial charge in [-0.25, -0.2) is 4.98 Å². The summed E-state index contributed by atoms with van der Waals surface area (Å²) in [5.74, 6) is -0.204. The lowest BCUT2D eigenvalue weighted by Crippen LogP contribution is -2.18. The number of halogens is 4. The van der Waals surface area contributed by atoms with Gasteiger partial charge < -0.3 is 9.47 Å². The molecule has 0 saturated heterocycles. The number of aromatic nitrogens is 1. The van der Waals surface area contributed by atoms with E-state index in [2.05, 4.69) is 25.7 Å². The predicted molar refractivity (Wildman–Crippen MR) is 45.2 cm³/mol. The molecule has 0 saturated carbocycles. The number of hydrogen-bond donors (Lipinski definition) is 0. The van der Waals surface area contributed by atoms with E-state index in [1.165, 1.54) is 13.2 Å². The second kappa shape index (κ2) is 4.04. The highest BCUT2D eigenvalue weighted by atomic mass is 79.9. The zero-order valence-electron chi connectivity index (χ0n) is 6.93. The normalized spacial score (nSPS) is 11.2. The molecule has 0 unspecified atom stereocenters. The van der Waals surface area contributed by atoms with Crippen LogP contribution in [-0.4, -0.2) is 18.5 Å². The van der Waals surface area contributed by atoms with Crippen LogP contribution in [0.2, 0.25) is 0 Å². The van der Waals surface area contributed by atoms with E-state index in [4.69, 9.17) is 4.74 Å². The van der Waals surface area contributed by atoms with Crippen molar-refractivity contribution in [2.75, 3.05) is 7.11 Å². The fourth-order valence-electron chi connectivity index (χ4n) is 0.704. The Morgan fingerprint density at radius 3 is 2.50 bits per heavy atom. The fraction of sp³-hybridized carbons (Fsp3) is 0.286. The van der Waals surface area contributed by atoms with Gasteiger partial charge in [-0.05, 0) is 15.9 Å². The van der Waals surface area contributed by atoms with Gasteiger partial charge in [0, 0.05) is 6.07 Å². The van der Waals surface area contributed by atoms with Gasteiger partial charge in [0.15, 0.2) is 0 Å². The summed E-state index contributed by atoms with van der Waals surface area (Å²) in [4.78, 5) is 3.42. The van der Waals surface area contributed by atoms with Gasteiger partial charge in [0.05, 0.1) is 17.8 Å². The third kappa shape index (κ3) is 3.06. The molecule has 0 aliphatic rings. The number of nitrogens with zero attached hydrogens (tertiary/aromatic N) is 1. The quantitative estimate of drug-likeness (QED) is 0.829. The number of alkyl halides is 3. The first-order valence-electron chi connectivity index (χ1n) is 3.37. The number of pyridine rings is 1. The number of hydrogen-bond acceptors (Lipinski definition) is 3. The maximum Gasteiger partial charge on any atom is 0.574 e. The first-order chi connectivity index (χ1) is 6.42. The Morgan fingerprint density at radius 2 is 2.07 bits per heavy atom. The summed E-state index contributed by atoms with van der Waals surface area (Å²) in [5.41, 5.74) is 0. The smallest absolute Gasteiger partial charge is 0.495 e. The molecule has 1 aromatic heterocycles. The maximum absolute atomic E-state index is 11.8. The summed E-state index contributed by atoms with van der Waals surface area (Å²) in [5, 5.41) is 0. The Kier molecular flexibility index (Phi) is 3.20. The van der Waals surface area contributed by atoms with Gasteiger partial charge in [0.1, 0.15) is 5.75 Å². The molecule has 0 fully saturated rings. The number of ether oxygens (including phenoxy) is 2. The third-order valence-corrected chi connectivity index (χ3v) is 1.80. The fourth-order valence-corrected chi connectivity index (χ4v) is 1.11. The Bertz CT molecular complexity index is 329. The van der Waals surface area contributed by atoms with Crippen LogP contribution in [-0.2, 0) is 0 Å². The lowest BCUT2D eigenvalue weighted by molar-refractivity contribution is -0.276. The summed E-state index contributed by atoms with van der Waals surface area (Å²) >= 11 is 2.87. The molecule has 0 atom stereocenters. The van der Waals surface area contributed by atoms with Gasteiger partial charge in [-0.15, -0.1) is 13.2 Å². The van der Waals surface area contributed by atoms with Crippen molar-refractivity contribution < 1.29 is 22.6 Å². The van der Waals surface area contributed by atoms with E-state index in [1.54, 1.807) is 0 Å². The third-order valence-electron chi connectivity index (χ3n) is 1.23. The summed E-state index contributed by atoms with van der Waals surface area (Å²) in [6, 6.07) is 1.33. The average molecular weight is 272 g/mol. The molecular formula is C7H5BrF3NO2. The van der Waals surface area contributed by atoms with Crippen molar-refractivity contribution >= 4 is 15.9 Å². The lowest BCUT2D eigenvalue weighted by Gasteiger charge is -2.09. The highest BCUT2D eigenvalue weighted by molar-refractivity contribution is 9.10. The highest BCUT2D eigenvalue weighted by Crippen LogP contribution is 2.30. The van der Waals surface area contributed by atoms with Gasteiger partial charge in [-0.3, -0.25) is 0 Å². The Labute approximate surface area is 86.0 Å². The lowest BCUT2D eigenvalue weighted by atomic mass is 10.4. The SMILES string of the molecule is COc1cnc(OC(F)(F)F)c(Br)c1. The van der Waals surface area contributed by atoms with Crippen LogP contribution in [0.1, 0.15) is 0 Å². The zero-order valence-corrected chi connectivity index (χ0v) is 8.52. The summed E-state index contributed by atoms with van der Waals surface area (Å²) in [7, 11) is 1.38. The van der Waals surface area contributed by atoms with Gasteiger partial charge in [0.2, 0.25) is 5.88 Å². The molecule has 0 amide bonds. The standard InChI is InChI=1S/C7H5BrF3NO2/c1-13-4-2-5(8)6(12-3-4)14-7(9,10)11/h2-3H,1H3. The minimum absolute atomic E-state index is 0.0779. The van der Waals surface area contributed by atoms with Crippen molar-refractivity contribution in [1.82, 2.24) is 4.98 Å². The molecule has 0 radical (unpaired) electrons. The van der Waals surface area contributed by atoms with Crippen LogP contribution in [0.25, 0.3) is 0 Å². The van der Waals surface area contributed by atoms with Crippen LogP contribution in [0.3, 0.4) is 0 Å². The average Bonchev–Trinajstić information content (AvgIpc) is 2.06. The van der Waals surface area contributed by atoms with E-state index in [-0.39, 0.29) is 4.47 Å². The van der Waals surface area contributed by atoms with Gasteiger partial charge in [0.25, 0.3) is 0 Å². The van der Waals surface area contributed by atoms with E-state index in [0.717, 1.165) is 6.20 Å². The molecule has 1 heterocycles. The van der Waals surface area contributed by atoms with Crippen LogP contribution in [0.4, 0.5) is 13.2 Å². The van der Waals surface area contributed by atoms with Crippen molar-refractivity contribution in [2.45, 2.75) is 6.36 Å². The van der Waals surface area contributed by atoms with E-state index < -0.39 is 12.2 Å². The molecule has 0 aliphatic heterocycles. The molecule has 78 valence electrons. The van der Waals surface area contributed by atoms with E-state index in [1.807, 2.05) is 0 Å². The summed E-state index contributed by atoms with van der Waals surface area (Å²) in [6.07, 6.45) is -3.62. The van der Waals surface area contributed by atoms with E-state index in [0.29, 0.717) is 5.75 Å². The van der Waals surface area contributed by atoms with Crippen molar-refractivity contribution in [2.24, 2.45) is 0 Å². The van der Waals surface area contributed by atoms with Crippen LogP contribution in [0.5, 0.6) is 11.6 Å². The molecule has 1 rings (SSSR count). The second-order valence-corrected chi connectivity index (χ2v) is 3.06. The molecule has 7 heteroatoms. The number of methoxy groups -OCH3 is 1. The van der Waals surface area contributed by atoms with Crippen molar-refractivity contribution in [3.05, 3.63) is 16.7 Å². The summed E-state index contributed by atoms with van der Waals surface area (Å²) in [6.45, 7) is 0. The van der Waals surface area contributed by atoms with Crippen LogP contribution in [0, 0.1) is 0 Å². The Hall–Kier alpha value is -0.980. The number of rotatable bonds is 2. The van der Waals surface area contributed by atoms with Crippen molar-refractivity contribution in [3.8, 4) is 11.6 Å². The predicted octanol–water partition coefficient (Wildman–Crippen LogP) is 2.75. The van der Waals surface area contributed by atoms with Crippen LogP contribution >= 0.6 is 15.9 Å². The molecule has 3 nitrogen and oxygen atoms in total. The molecule has 0 aromatic carbocycles. The maximum atomic E-state index is 11.8. The van der Waals surface area contributed by atoms with Crippen LogP contribution < -0.4 is 9.47 Å². The van der Waals surface area contributed by atoms with E-state index in [9.17, 15) is 13.2 Å². The zero-order chi connectivity index (χ0) is 10.8. The largest absolute Gasteiger partial charge is 0.574 e. The molecular weight excluding hydrogens is 267 g/mol. The monoisotopic (exact) mass is 271 g/mol. The van der Waals surface area contributed by atoms with E-state index >= 15 is 0 Å². The first kappa shape index (κ1) is 11.1. The Balaban J connectivity index is 2.89. The first-order valence-corrected chi connectivity index (χ1v) is 4.17. The Morgan fingerprint density at radius 1 is 1.43 bits per heavy atom.